The predicted molar refractivity (Wildman–Crippen MR) is 87.8 cm³/mol. The van der Waals surface area contributed by atoms with Crippen LogP contribution in [-0.2, 0) is 4.79 Å². The Morgan fingerprint density at radius 3 is 2.13 bits per heavy atom. The Morgan fingerprint density at radius 1 is 0.913 bits per heavy atom. The Kier molecular flexibility index (Phi) is 5.85. The van der Waals surface area contributed by atoms with Gasteiger partial charge in [0.2, 0.25) is 0 Å². The smallest absolute Gasteiger partial charge is 0.303 e. The normalized spacial score (nSPS) is 14.1. The lowest BCUT2D eigenvalue weighted by molar-refractivity contribution is -0.137. The number of allylic oxidation sites excluding steroid dienone is 2. The fourth-order valence-corrected chi connectivity index (χ4v) is 2.96. The zero-order chi connectivity index (χ0) is 16.8. The highest BCUT2D eigenvalue weighted by atomic mass is 16.4. The van der Waals surface area contributed by atoms with E-state index in [0.717, 1.165) is 25.7 Å². The first-order valence-corrected chi connectivity index (χ1v) is 8.12. The first kappa shape index (κ1) is 17.1. The summed E-state index contributed by atoms with van der Waals surface area (Å²) in [6.45, 7) is 1.73. The second-order valence-corrected chi connectivity index (χ2v) is 5.97. The van der Waals surface area contributed by atoms with Gasteiger partial charge in [-0.25, -0.2) is 0 Å². The molecule has 0 saturated heterocycles. The van der Waals surface area contributed by atoms with Gasteiger partial charge < -0.3 is 5.11 Å². The van der Waals surface area contributed by atoms with Crippen molar-refractivity contribution in [2.45, 2.75) is 51.9 Å². The van der Waals surface area contributed by atoms with E-state index in [2.05, 4.69) is 0 Å². The number of hydrogen-bond donors (Lipinski definition) is 1. The summed E-state index contributed by atoms with van der Waals surface area (Å²) in [5.41, 5.74) is 2.23. The third-order valence-electron chi connectivity index (χ3n) is 4.30. The molecule has 0 heterocycles. The van der Waals surface area contributed by atoms with Crippen LogP contribution in [0.2, 0.25) is 0 Å². The molecule has 1 aromatic carbocycles. The summed E-state index contributed by atoms with van der Waals surface area (Å²) in [5, 5.41) is 8.57. The lowest BCUT2D eigenvalue weighted by Crippen LogP contribution is -2.20. The summed E-state index contributed by atoms with van der Waals surface area (Å²) >= 11 is 0. The SMILES string of the molecule is CC1=C(CCCCCCCC(=O)O)C(=O)c2ccccc2C1=O. The van der Waals surface area contributed by atoms with Gasteiger partial charge in [0.05, 0.1) is 0 Å². The average Bonchev–Trinajstić information content (AvgIpc) is 2.54. The summed E-state index contributed by atoms with van der Waals surface area (Å²) in [6, 6.07) is 6.98. The lowest BCUT2D eigenvalue weighted by atomic mass is 9.82. The third kappa shape index (κ3) is 4.15. The van der Waals surface area contributed by atoms with E-state index in [9.17, 15) is 14.4 Å². The molecule has 4 nitrogen and oxygen atoms in total. The zero-order valence-electron chi connectivity index (χ0n) is 13.4. The highest BCUT2D eigenvalue weighted by Crippen LogP contribution is 2.29. The lowest BCUT2D eigenvalue weighted by Gasteiger charge is -2.18. The molecule has 1 N–H and O–H groups in total. The quantitative estimate of drug-likeness (QED) is 0.730. The monoisotopic (exact) mass is 314 g/mol. The first-order valence-electron chi connectivity index (χ1n) is 8.12. The average molecular weight is 314 g/mol. The van der Waals surface area contributed by atoms with Gasteiger partial charge >= 0.3 is 5.97 Å². The molecule has 0 spiro atoms. The number of carbonyl (C=O) groups excluding carboxylic acids is 2. The van der Waals surface area contributed by atoms with Crippen LogP contribution in [0.25, 0.3) is 0 Å². The van der Waals surface area contributed by atoms with Gasteiger partial charge in [-0.3, -0.25) is 14.4 Å². The van der Waals surface area contributed by atoms with E-state index in [1.807, 2.05) is 0 Å². The zero-order valence-corrected chi connectivity index (χ0v) is 13.4. The van der Waals surface area contributed by atoms with Crippen molar-refractivity contribution < 1.29 is 19.5 Å². The number of aliphatic carboxylic acids is 1. The van der Waals surface area contributed by atoms with E-state index < -0.39 is 5.97 Å². The van der Waals surface area contributed by atoms with Gasteiger partial charge in [-0.1, -0.05) is 43.5 Å². The fraction of sp³-hybridized carbons (Fsp3) is 0.421. The minimum Gasteiger partial charge on any atom is -0.481 e. The molecule has 0 aromatic heterocycles. The van der Waals surface area contributed by atoms with Crippen LogP contribution in [0, 0.1) is 0 Å². The van der Waals surface area contributed by atoms with Crippen molar-refractivity contribution in [2.75, 3.05) is 0 Å². The summed E-state index contributed by atoms with van der Waals surface area (Å²) in [7, 11) is 0. The molecule has 0 atom stereocenters. The van der Waals surface area contributed by atoms with E-state index >= 15 is 0 Å². The van der Waals surface area contributed by atoms with Gasteiger partial charge in [0.25, 0.3) is 0 Å². The van der Waals surface area contributed by atoms with E-state index in [1.165, 1.54) is 0 Å². The molecule has 1 aliphatic rings. The van der Waals surface area contributed by atoms with Gasteiger partial charge in [-0.05, 0) is 26.2 Å². The number of unbranched alkanes of at least 4 members (excludes halogenated alkanes) is 4. The highest BCUT2D eigenvalue weighted by Gasteiger charge is 2.28. The number of fused-ring (bicyclic) bond motifs is 1. The van der Waals surface area contributed by atoms with Crippen LogP contribution in [0.4, 0.5) is 0 Å². The molecule has 0 fully saturated rings. The summed E-state index contributed by atoms with van der Waals surface area (Å²) in [4.78, 5) is 35.3. The molecule has 4 heteroatoms. The largest absolute Gasteiger partial charge is 0.481 e. The van der Waals surface area contributed by atoms with Crippen molar-refractivity contribution in [3.8, 4) is 0 Å². The Hall–Kier alpha value is -2.23. The maximum Gasteiger partial charge on any atom is 0.303 e. The minimum absolute atomic E-state index is 0.0245. The second kappa shape index (κ2) is 7.86. The molecule has 23 heavy (non-hydrogen) atoms. The third-order valence-corrected chi connectivity index (χ3v) is 4.30. The standard InChI is InChI=1S/C19H22O4/c1-13-14(9-5-3-2-4-6-12-17(20)21)19(23)16-11-8-7-10-15(16)18(13)22/h7-8,10-11H,2-6,9,12H2,1H3,(H,20,21). The summed E-state index contributed by atoms with van der Waals surface area (Å²) < 4.78 is 0. The molecule has 1 aliphatic carbocycles. The van der Waals surface area contributed by atoms with Crippen LogP contribution in [0.3, 0.4) is 0 Å². The van der Waals surface area contributed by atoms with Crippen LogP contribution < -0.4 is 0 Å². The Morgan fingerprint density at radius 2 is 1.48 bits per heavy atom. The topological polar surface area (TPSA) is 71.4 Å². The molecule has 122 valence electrons. The number of ketones is 2. The highest BCUT2D eigenvalue weighted by molar-refractivity contribution is 6.26. The molecule has 0 bridgehead atoms. The van der Waals surface area contributed by atoms with Crippen molar-refractivity contribution in [1.82, 2.24) is 0 Å². The van der Waals surface area contributed by atoms with Crippen molar-refractivity contribution >= 4 is 17.5 Å². The number of carboxylic acid groups (broad SMARTS) is 1. The number of Topliss-reactive ketones (excluding diaryl/α,β-unsaturated/α-hetero) is 2. The van der Waals surface area contributed by atoms with Crippen LogP contribution in [0.5, 0.6) is 0 Å². The molecule has 0 radical (unpaired) electrons. The number of carbonyl (C=O) groups is 3. The molecular formula is C19H22O4. The number of rotatable bonds is 8. The van der Waals surface area contributed by atoms with Crippen LogP contribution in [0.1, 0.15) is 72.6 Å². The molecule has 0 aliphatic heterocycles. The number of carboxylic acids is 1. The molecule has 0 saturated carbocycles. The predicted octanol–water partition coefficient (Wildman–Crippen LogP) is 4.20. The van der Waals surface area contributed by atoms with E-state index in [-0.39, 0.29) is 18.0 Å². The molecule has 1 aromatic rings. The fourth-order valence-electron chi connectivity index (χ4n) is 2.96. The first-order chi connectivity index (χ1) is 11.0. The van der Waals surface area contributed by atoms with Crippen LogP contribution in [-0.4, -0.2) is 22.6 Å². The molecule has 0 unspecified atom stereocenters. The van der Waals surface area contributed by atoms with Crippen molar-refractivity contribution in [2.24, 2.45) is 0 Å². The Balaban J connectivity index is 1.88. The summed E-state index contributed by atoms with van der Waals surface area (Å²) in [6.07, 6.45) is 5.17. The van der Waals surface area contributed by atoms with E-state index in [1.54, 1.807) is 31.2 Å². The van der Waals surface area contributed by atoms with Crippen molar-refractivity contribution in [1.29, 1.82) is 0 Å². The van der Waals surface area contributed by atoms with Crippen LogP contribution in [0.15, 0.2) is 35.4 Å². The van der Waals surface area contributed by atoms with E-state index in [4.69, 9.17) is 5.11 Å². The maximum absolute atomic E-state index is 12.5. The Bertz CT molecular complexity index is 655. The summed E-state index contributed by atoms with van der Waals surface area (Å²) in [5.74, 6) is -0.823. The molecular weight excluding hydrogens is 292 g/mol. The number of hydrogen-bond acceptors (Lipinski definition) is 3. The van der Waals surface area contributed by atoms with Crippen molar-refractivity contribution in [3.63, 3.8) is 0 Å². The molecule has 2 rings (SSSR count). The van der Waals surface area contributed by atoms with E-state index in [0.29, 0.717) is 35.1 Å². The Labute approximate surface area is 136 Å². The van der Waals surface area contributed by atoms with Gasteiger partial charge in [0.1, 0.15) is 0 Å². The van der Waals surface area contributed by atoms with Crippen LogP contribution >= 0.6 is 0 Å². The van der Waals surface area contributed by atoms with Gasteiger partial charge in [0, 0.05) is 28.7 Å². The maximum atomic E-state index is 12.5. The van der Waals surface area contributed by atoms with Crippen molar-refractivity contribution in [3.05, 3.63) is 46.5 Å². The van der Waals surface area contributed by atoms with Gasteiger partial charge in [-0.15, -0.1) is 0 Å². The molecule has 0 amide bonds. The minimum atomic E-state index is -0.754. The van der Waals surface area contributed by atoms with Gasteiger partial charge in [0.15, 0.2) is 11.6 Å². The number of benzene rings is 1. The second-order valence-electron chi connectivity index (χ2n) is 5.97. The van der Waals surface area contributed by atoms with Gasteiger partial charge in [-0.2, -0.15) is 0 Å².